The van der Waals surface area contributed by atoms with Gasteiger partial charge >= 0.3 is 0 Å². The number of furan rings is 1. The summed E-state index contributed by atoms with van der Waals surface area (Å²) in [6, 6.07) is 14.2. The Kier molecular flexibility index (Phi) is 5.24. The molecule has 4 aromatic rings. The molecule has 2 aromatic carbocycles. The number of aromatic nitrogens is 1. The topological polar surface area (TPSA) is 46.3 Å². The summed E-state index contributed by atoms with van der Waals surface area (Å²) in [5.74, 6) is 0.758. The van der Waals surface area contributed by atoms with Crippen LogP contribution in [0.2, 0.25) is 0 Å². The largest absolute Gasteiger partial charge is 0.467 e. The van der Waals surface area contributed by atoms with Crippen LogP contribution < -0.4 is 4.90 Å². The fraction of sp³-hybridized carbons (Fsp3) is 0.250. The summed E-state index contributed by atoms with van der Waals surface area (Å²) in [6.45, 7) is 8.64. The Balaban J connectivity index is 1.71. The van der Waals surface area contributed by atoms with Crippen molar-refractivity contribution >= 4 is 32.6 Å². The van der Waals surface area contributed by atoms with E-state index in [0.717, 1.165) is 32.7 Å². The molecule has 0 fully saturated rings. The molecule has 0 N–H and O–H groups in total. The summed E-state index contributed by atoms with van der Waals surface area (Å²) < 4.78 is 6.61. The normalized spacial score (nSPS) is 11.2. The maximum absolute atomic E-state index is 13.4. The minimum atomic E-state index is 0.0163. The molecule has 29 heavy (non-hydrogen) atoms. The number of rotatable bonds is 5. The molecule has 0 aliphatic heterocycles. The van der Waals surface area contributed by atoms with Crippen LogP contribution in [-0.2, 0) is 17.8 Å². The number of carbonyl (C=O) groups excluding carboxylic acids is 1. The van der Waals surface area contributed by atoms with Gasteiger partial charge in [0.25, 0.3) is 0 Å². The van der Waals surface area contributed by atoms with Gasteiger partial charge in [-0.05, 0) is 74.2 Å². The van der Waals surface area contributed by atoms with Gasteiger partial charge in [0.05, 0.1) is 29.4 Å². The molecule has 0 bridgehead atoms. The zero-order chi connectivity index (χ0) is 20.5. The molecule has 0 spiro atoms. The predicted molar refractivity (Wildman–Crippen MR) is 119 cm³/mol. The zero-order valence-electron chi connectivity index (χ0n) is 17.2. The van der Waals surface area contributed by atoms with Gasteiger partial charge in [-0.15, -0.1) is 0 Å². The van der Waals surface area contributed by atoms with Crippen LogP contribution in [0.25, 0.3) is 10.2 Å². The predicted octanol–water partition coefficient (Wildman–Crippen LogP) is 5.90. The fourth-order valence-corrected chi connectivity index (χ4v) is 4.42. The van der Waals surface area contributed by atoms with Gasteiger partial charge in [-0.3, -0.25) is 9.69 Å². The lowest BCUT2D eigenvalue weighted by molar-refractivity contribution is -0.118. The van der Waals surface area contributed by atoms with Gasteiger partial charge in [0.1, 0.15) is 5.76 Å². The third kappa shape index (κ3) is 4.10. The Morgan fingerprint density at radius 2 is 1.83 bits per heavy atom. The molecule has 5 heteroatoms. The Hall–Kier alpha value is -2.92. The van der Waals surface area contributed by atoms with Crippen LogP contribution in [0.5, 0.6) is 0 Å². The van der Waals surface area contributed by atoms with Gasteiger partial charge in [-0.25, -0.2) is 4.98 Å². The number of benzene rings is 2. The van der Waals surface area contributed by atoms with E-state index >= 15 is 0 Å². The number of thiazole rings is 1. The molecule has 1 amide bonds. The first-order valence-electron chi connectivity index (χ1n) is 9.67. The second kappa shape index (κ2) is 7.84. The second-order valence-electron chi connectivity index (χ2n) is 7.57. The molecule has 0 unspecified atom stereocenters. The third-order valence-electron chi connectivity index (χ3n) is 5.26. The first-order valence-corrected chi connectivity index (χ1v) is 10.5. The Bertz CT molecular complexity index is 1140. The minimum Gasteiger partial charge on any atom is -0.467 e. The van der Waals surface area contributed by atoms with Crippen LogP contribution in [0.15, 0.2) is 53.1 Å². The van der Waals surface area contributed by atoms with Gasteiger partial charge in [-0.1, -0.05) is 35.1 Å². The van der Waals surface area contributed by atoms with E-state index in [1.807, 2.05) is 26.0 Å². The van der Waals surface area contributed by atoms with E-state index in [2.05, 4.69) is 44.2 Å². The maximum Gasteiger partial charge on any atom is 0.233 e. The molecule has 0 saturated carbocycles. The zero-order valence-corrected chi connectivity index (χ0v) is 18.0. The van der Waals surface area contributed by atoms with E-state index in [-0.39, 0.29) is 5.91 Å². The first-order chi connectivity index (χ1) is 13.9. The lowest BCUT2D eigenvalue weighted by Crippen LogP contribution is -2.31. The van der Waals surface area contributed by atoms with Crippen molar-refractivity contribution in [1.29, 1.82) is 0 Å². The van der Waals surface area contributed by atoms with Crippen LogP contribution in [0.4, 0.5) is 5.13 Å². The van der Waals surface area contributed by atoms with E-state index in [4.69, 9.17) is 9.40 Å². The van der Waals surface area contributed by atoms with Gasteiger partial charge in [0.2, 0.25) is 5.91 Å². The van der Waals surface area contributed by atoms with Crippen molar-refractivity contribution in [2.75, 3.05) is 4.90 Å². The average Bonchev–Trinajstić information content (AvgIpc) is 3.32. The molecular formula is C24H24N2O2S. The van der Waals surface area contributed by atoms with Gasteiger partial charge < -0.3 is 4.42 Å². The molecule has 2 aromatic heterocycles. The first kappa shape index (κ1) is 19.4. The van der Waals surface area contributed by atoms with Crippen molar-refractivity contribution in [3.8, 4) is 0 Å². The van der Waals surface area contributed by atoms with Crippen LogP contribution in [0.3, 0.4) is 0 Å². The summed E-state index contributed by atoms with van der Waals surface area (Å²) in [6.07, 6.45) is 1.97. The van der Waals surface area contributed by atoms with Gasteiger partial charge in [0.15, 0.2) is 5.13 Å². The summed E-state index contributed by atoms with van der Waals surface area (Å²) in [5.41, 5.74) is 6.68. The quantitative estimate of drug-likeness (QED) is 0.416. The van der Waals surface area contributed by atoms with E-state index in [0.29, 0.717) is 18.1 Å². The third-order valence-corrected chi connectivity index (χ3v) is 6.31. The molecule has 4 nitrogen and oxygen atoms in total. The van der Waals surface area contributed by atoms with Crippen molar-refractivity contribution in [2.24, 2.45) is 0 Å². The number of aryl methyl sites for hydroxylation is 4. The molecule has 0 atom stereocenters. The van der Waals surface area contributed by atoms with Crippen LogP contribution in [-0.4, -0.2) is 10.9 Å². The Morgan fingerprint density at radius 3 is 2.59 bits per heavy atom. The summed E-state index contributed by atoms with van der Waals surface area (Å²) in [7, 11) is 0. The highest BCUT2D eigenvalue weighted by Gasteiger charge is 2.22. The average molecular weight is 405 g/mol. The molecule has 2 heterocycles. The monoisotopic (exact) mass is 404 g/mol. The molecule has 0 saturated heterocycles. The molecule has 0 radical (unpaired) electrons. The highest BCUT2D eigenvalue weighted by Crippen LogP contribution is 2.32. The summed E-state index contributed by atoms with van der Waals surface area (Å²) in [4.78, 5) is 19.9. The summed E-state index contributed by atoms with van der Waals surface area (Å²) in [5, 5.41) is 0.705. The number of hydrogen-bond donors (Lipinski definition) is 0. The van der Waals surface area contributed by atoms with E-state index < -0.39 is 0 Å². The number of carbonyl (C=O) groups is 1. The van der Waals surface area contributed by atoms with Crippen molar-refractivity contribution < 1.29 is 9.21 Å². The van der Waals surface area contributed by atoms with E-state index in [9.17, 15) is 4.79 Å². The highest BCUT2D eigenvalue weighted by molar-refractivity contribution is 7.22. The van der Waals surface area contributed by atoms with Crippen molar-refractivity contribution in [1.82, 2.24) is 4.98 Å². The number of nitrogens with zero attached hydrogens (tertiary/aromatic N) is 2. The standard InChI is InChI=1S/C24H24N2O2S/c1-15-7-8-16(2)19(10-15)13-23(27)26(14-20-6-5-9-28-20)24-25-21-11-17(3)18(4)12-22(21)29-24/h5-12H,13-14H2,1-4H3. The molecule has 0 aliphatic carbocycles. The summed E-state index contributed by atoms with van der Waals surface area (Å²) >= 11 is 1.55. The number of amides is 1. The number of fused-ring (bicyclic) bond motifs is 1. The molecule has 4 rings (SSSR count). The molecular weight excluding hydrogens is 380 g/mol. The number of hydrogen-bond acceptors (Lipinski definition) is 4. The van der Waals surface area contributed by atoms with Crippen molar-refractivity contribution in [3.05, 3.63) is 82.3 Å². The van der Waals surface area contributed by atoms with Crippen LogP contribution >= 0.6 is 11.3 Å². The van der Waals surface area contributed by atoms with Crippen molar-refractivity contribution in [2.45, 2.75) is 40.7 Å². The second-order valence-corrected chi connectivity index (χ2v) is 8.58. The lowest BCUT2D eigenvalue weighted by atomic mass is 10.0. The highest BCUT2D eigenvalue weighted by atomic mass is 32.1. The van der Waals surface area contributed by atoms with Crippen molar-refractivity contribution in [3.63, 3.8) is 0 Å². The smallest absolute Gasteiger partial charge is 0.233 e. The number of anilines is 1. The SMILES string of the molecule is Cc1ccc(C)c(CC(=O)N(Cc2ccco2)c2nc3cc(C)c(C)cc3s2)c1. The lowest BCUT2D eigenvalue weighted by Gasteiger charge is -2.19. The Labute approximate surface area is 174 Å². The van der Waals surface area contributed by atoms with Crippen LogP contribution in [0, 0.1) is 27.7 Å². The van der Waals surface area contributed by atoms with E-state index in [1.165, 1.54) is 11.1 Å². The Morgan fingerprint density at radius 1 is 1.03 bits per heavy atom. The maximum atomic E-state index is 13.4. The molecule has 0 aliphatic rings. The van der Waals surface area contributed by atoms with Gasteiger partial charge in [-0.2, -0.15) is 0 Å². The van der Waals surface area contributed by atoms with E-state index in [1.54, 1.807) is 22.5 Å². The van der Waals surface area contributed by atoms with Gasteiger partial charge in [0, 0.05) is 0 Å². The molecule has 148 valence electrons. The fourth-order valence-electron chi connectivity index (χ4n) is 3.35. The van der Waals surface area contributed by atoms with Crippen LogP contribution in [0.1, 0.15) is 33.6 Å². The minimum absolute atomic E-state index is 0.0163.